The minimum Gasteiger partial charge on any atom is -0.365 e. The molecule has 3 aromatic heterocycles. The lowest BCUT2D eigenvalue weighted by Crippen LogP contribution is -2.57. The second-order valence-corrected chi connectivity index (χ2v) is 10.5. The molecule has 5 heterocycles. The molecule has 2 saturated heterocycles. The molecule has 2 atom stereocenters. The van der Waals surface area contributed by atoms with Crippen LogP contribution in [0.3, 0.4) is 0 Å². The molecule has 34 heavy (non-hydrogen) atoms. The summed E-state index contributed by atoms with van der Waals surface area (Å²) in [5.41, 5.74) is 8.27. The van der Waals surface area contributed by atoms with Crippen molar-refractivity contribution in [1.29, 1.82) is 0 Å². The monoisotopic (exact) mass is 481 g/mol. The lowest BCUT2D eigenvalue weighted by atomic mass is 10.1. The van der Waals surface area contributed by atoms with E-state index in [-0.39, 0.29) is 12.1 Å². The third kappa shape index (κ3) is 4.10. The number of nitrogens with zero attached hydrogens (tertiary/aromatic N) is 5. The van der Waals surface area contributed by atoms with Crippen LogP contribution in [0.4, 0.5) is 5.69 Å². The zero-order chi connectivity index (χ0) is 24.0. The topological polar surface area (TPSA) is 109 Å². The van der Waals surface area contributed by atoms with E-state index in [1.54, 1.807) is 10.7 Å². The van der Waals surface area contributed by atoms with Crippen molar-refractivity contribution in [3.63, 3.8) is 0 Å². The maximum Gasteiger partial charge on any atom is 0.256 e. The van der Waals surface area contributed by atoms with Crippen LogP contribution in [-0.4, -0.2) is 67.6 Å². The van der Waals surface area contributed by atoms with Gasteiger partial charge in [-0.3, -0.25) is 24.4 Å². The van der Waals surface area contributed by atoms with E-state index >= 15 is 0 Å². The number of carbonyl (C=O) groups excluding carboxylic acids is 2. The van der Waals surface area contributed by atoms with E-state index in [2.05, 4.69) is 39.0 Å². The molecule has 3 aromatic rings. The van der Waals surface area contributed by atoms with Gasteiger partial charge in [0.25, 0.3) is 11.8 Å². The van der Waals surface area contributed by atoms with Crippen LogP contribution in [0.25, 0.3) is 15.3 Å². The van der Waals surface area contributed by atoms with Gasteiger partial charge in [0.2, 0.25) is 0 Å². The first-order valence-electron chi connectivity index (χ1n) is 11.9. The number of aromatic nitrogens is 3. The molecule has 2 aliphatic heterocycles. The van der Waals surface area contributed by atoms with Crippen molar-refractivity contribution >= 4 is 33.7 Å². The Kier molecular flexibility index (Phi) is 6.13. The molecule has 9 nitrogen and oxygen atoms in total. The van der Waals surface area contributed by atoms with Gasteiger partial charge in [-0.25, -0.2) is 4.52 Å². The lowest BCUT2D eigenvalue weighted by molar-refractivity contribution is -0.129. The Balaban J connectivity index is 1.43. The van der Waals surface area contributed by atoms with Crippen molar-refractivity contribution in [1.82, 2.24) is 24.4 Å². The van der Waals surface area contributed by atoms with Crippen LogP contribution in [0.2, 0.25) is 0 Å². The number of hydrogen-bond acceptors (Lipinski definition) is 7. The highest BCUT2D eigenvalue weighted by molar-refractivity contribution is 7.21. The summed E-state index contributed by atoms with van der Waals surface area (Å²) < 4.78 is 1.66. The smallest absolute Gasteiger partial charge is 0.256 e. The van der Waals surface area contributed by atoms with E-state index in [0.717, 1.165) is 54.9 Å². The maximum atomic E-state index is 13.6. The van der Waals surface area contributed by atoms with Crippen LogP contribution < -0.4 is 11.1 Å². The first-order chi connectivity index (χ1) is 16.3. The van der Waals surface area contributed by atoms with Gasteiger partial charge in [-0.15, -0.1) is 11.3 Å². The molecule has 10 heteroatoms. The molecular weight excluding hydrogens is 450 g/mol. The molecular formula is C24H31N7O2S. The predicted octanol–water partition coefficient (Wildman–Crippen LogP) is 3.10. The Morgan fingerprint density at radius 1 is 1.15 bits per heavy atom. The number of nitrogens with two attached hydrogens (primary N) is 1. The van der Waals surface area contributed by atoms with Crippen molar-refractivity contribution < 1.29 is 9.59 Å². The van der Waals surface area contributed by atoms with Gasteiger partial charge in [0.1, 0.15) is 11.0 Å². The third-order valence-corrected chi connectivity index (χ3v) is 8.30. The molecule has 0 spiro atoms. The quantitative estimate of drug-likeness (QED) is 0.560. The van der Waals surface area contributed by atoms with Crippen molar-refractivity contribution in [2.45, 2.75) is 64.7 Å². The average molecular weight is 482 g/mol. The van der Waals surface area contributed by atoms with Crippen LogP contribution in [0, 0.1) is 6.92 Å². The van der Waals surface area contributed by atoms with Gasteiger partial charge in [0.15, 0.2) is 0 Å². The largest absolute Gasteiger partial charge is 0.365 e. The number of likely N-dealkylation sites (tertiary alicyclic amines) is 2. The van der Waals surface area contributed by atoms with E-state index in [9.17, 15) is 9.59 Å². The van der Waals surface area contributed by atoms with Gasteiger partial charge in [0.05, 0.1) is 28.5 Å². The number of fused-ring (bicyclic) bond motifs is 1. The minimum absolute atomic E-state index is 0.00361. The molecule has 0 bridgehead atoms. The van der Waals surface area contributed by atoms with Crippen LogP contribution >= 0.6 is 11.3 Å². The van der Waals surface area contributed by atoms with E-state index in [1.807, 2.05) is 19.2 Å². The number of pyridine rings is 1. The molecule has 180 valence electrons. The van der Waals surface area contributed by atoms with Crippen molar-refractivity contribution in [2.24, 2.45) is 5.73 Å². The maximum absolute atomic E-state index is 13.6. The number of carbonyl (C=O) groups is 2. The number of amides is 2. The van der Waals surface area contributed by atoms with Gasteiger partial charge in [-0.05, 0) is 52.5 Å². The van der Waals surface area contributed by atoms with Crippen LogP contribution in [0.5, 0.6) is 0 Å². The number of rotatable bonds is 6. The summed E-state index contributed by atoms with van der Waals surface area (Å²) in [4.78, 5) is 36.2. The van der Waals surface area contributed by atoms with Crippen molar-refractivity contribution in [2.75, 3.05) is 18.4 Å². The molecule has 2 fully saturated rings. The average Bonchev–Trinajstić information content (AvgIpc) is 3.56. The summed E-state index contributed by atoms with van der Waals surface area (Å²) in [6.45, 7) is 8.24. The number of primary amides is 1. The molecule has 2 aliphatic rings. The Morgan fingerprint density at radius 3 is 2.41 bits per heavy atom. The number of nitrogens with one attached hydrogen (secondary N) is 1. The Labute approximate surface area is 202 Å². The molecule has 0 aliphatic carbocycles. The highest BCUT2D eigenvalue weighted by atomic mass is 32.1. The second kappa shape index (κ2) is 9.09. The number of anilines is 1. The van der Waals surface area contributed by atoms with Gasteiger partial charge < -0.3 is 11.1 Å². The number of aryl methyl sites for hydroxylation is 1. The third-order valence-electron chi connectivity index (χ3n) is 7.15. The van der Waals surface area contributed by atoms with E-state index in [0.29, 0.717) is 28.2 Å². The summed E-state index contributed by atoms with van der Waals surface area (Å²) in [5, 5.41) is 7.39. The van der Waals surface area contributed by atoms with E-state index in [1.165, 1.54) is 17.5 Å². The predicted molar refractivity (Wildman–Crippen MR) is 133 cm³/mol. The first-order valence-corrected chi connectivity index (χ1v) is 12.7. The van der Waals surface area contributed by atoms with E-state index < -0.39 is 5.91 Å². The summed E-state index contributed by atoms with van der Waals surface area (Å²) in [5.74, 6) is -0.506. The van der Waals surface area contributed by atoms with Crippen molar-refractivity contribution in [3.8, 4) is 10.4 Å². The zero-order valence-corrected chi connectivity index (χ0v) is 20.6. The fourth-order valence-corrected chi connectivity index (χ4v) is 6.40. The van der Waals surface area contributed by atoms with Gasteiger partial charge in [-0.1, -0.05) is 0 Å². The molecule has 0 radical (unpaired) electrons. The lowest BCUT2D eigenvalue weighted by Gasteiger charge is -2.38. The number of thiazole rings is 1. The van der Waals surface area contributed by atoms with Gasteiger partial charge >= 0.3 is 0 Å². The van der Waals surface area contributed by atoms with Crippen LogP contribution in [0.1, 0.15) is 55.6 Å². The van der Waals surface area contributed by atoms with Crippen LogP contribution in [0.15, 0.2) is 24.7 Å². The van der Waals surface area contributed by atoms with E-state index in [4.69, 9.17) is 5.73 Å². The molecule has 2 amide bonds. The standard InChI is InChI=1S/C24H31N7O2S/c1-14-6-4-8-29(14)23(30-9-5-7-15(30)2)22(33)28-17-10-18(16(3)26-11-17)20-13-31-24(34-20)19(12-27-31)21(25)32/h10-15,23H,4-9H2,1-3H3,(H2,25,32)(H,28,33). The van der Waals surface area contributed by atoms with Crippen LogP contribution in [-0.2, 0) is 4.79 Å². The number of hydrogen-bond donors (Lipinski definition) is 2. The molecule has 0 saturated carbocycles. The summed E-state index contributed by atoms with van der Waals surface area (Å²) in [6, 6.07) is 2.72. The fourth-order valence-electron chi connectivity index (χ4n) is 5.27. The summed E-state index contributed by atoms with van der Waals surface area (Å²) in [6.07, 6.45) is 9.27. The zero-order valence-electron chi connectivity index (χ0n) is 19.8. The van der Waals surface area contributed by atoms with Gasteiger partial charge in [-0.2, -0.15) is 5.10 Å². The molecule has 3 N–H and O–H groups in total. The molecule has 0 aromatic carbocycles. The normalized spacial score (nSPS) is 22.4. The Hall–Kier alpha value is -2.82. The highest BCUT2D eigenvalue weighted by Crippen LogP contribution is 2.34. The first kappa shape index (κ1) is 22.9. The minimum atomic E-state index is -0.502. The SMILES string of the molecule is Cc1ncc(NC(=O)C(N2CCCC2C)N2CCCC2C)cc1-c1cn2ncc(C(N)=O)c2s1. The summed E-state index contributed by atoms with van der Waals surface area (Å²) >= 11 is 1.43. The highest BCUT2D eigenvalue weighted by Gasteiger charge is 2.40. The fraction of sp³-hybridized carbons (Fsp3) is 0.500. The molecule has 2 unspecified atom stereocenters. The molecule has 5 rings (SSSR count). The summed E-state index contributed by atoms with van der Waals surface area (Å²) in [7, 11) is 0. The Morgan fingerprint density at radius 2 is 1.82 bits per heavy atom. The van der Waals surface area contributed by atoms with Gasteiger partial charge in [0, 0.05) is 42.6 Å². The Bertz CT molecular complexity index is 1220. The second-order valence-electron chi connectivity index (χ2n) is 9.45. The van der Waals surface area contributed by atoms with Crippen molar-refractivity contribution in [3.05, 3.63) is 35.9 Å².